The van der Waals surface area contributed by atoms with Gasteiger partial charge in [0.05, 0.1) is 29.7 Å². The molecule has 3 rings (SSSR count). The Balaban J connectivity index is 2.04. The summed E-state index contributed by atoms with van der Waals surface area (Å²) in [6.45, 7) is 0. The minimum absolute atomic E-state index is 0.0225. The van der Waals surface area contributed by atoms with E-state index in [1.165, 1.54) is 0 Å². The molecule has 0 bridgehead atoms. The third kappa shape index (κ3) is 2.59. The number of methoxy groups -OCH3 is 1. The Morgan fingerprint density at radius 3 is 2.81 bits per heavy atom. The zero-order valence-corrected chi connectivity index (χ0v) is 12.7. The van der Waals surface area contributed by atoms with E-state index in [0.717, 1.165) is 0 Å². The summed E-state index contributed by atoms with van der Waals surface area (Å²) in [4.78, 5) is 12.3. The van der Waals surface area contributed by atoms with Crippen molar-refractivity contribution in [3.8, 4) is 11.5 Å². The summed E-state index contributed by atoms with van der Waals surface area (Å²) in [5, 5.41) is 1.03. The first-order valence-electron chi connectivity index (χ1n) is 6.42. The van der Waals surface area contributed by atoms with Crippen LogP contribution in [0.15, 0.2) is 36.4 Å². The van der Waals surface area contributed by atoms with Crippen LogP contribution in [0.4, 0.5) is 0 Å². The van der Waals surface area contributed by atoms with E-state index in [-0.39, 0.29) is 12.2 Å². The van der Waals surface area contributed by atoms with Gasteiger partial charge < -0.3 is 9.47 Å². The lowest BCUT2D eigenvalue weighted by molar-refractivity contribution is 0.0847. The van der Waals surface area contributed by atoms with Crippen molar-refractivity contribution in [1.82, 2.24) is 0 Å². The van der Waals surface area contributed by atoms with Crippen LogP contribution in [0.25, 0.3) is 0 Å². The number of carbonyl (C=O) groups excluding carboxylic acids is 1. The molecule has 0 spiro atoms. The van der Waals surface area contributed by atoms with Crippen molar-refractivity contribution >= 4 is 29.0 Å². The molecule has 1 atom stereocenters. The van der Waals surface area contributed by atoms with Crippen LogP contribution in [-0.2, 0) is 0 Å². The Hall–Kier alpha value is -1.71. The molecule has 0 aromatic heterocycles. The quantitative estimate of drug-likeness (QED) is 0.803. The van der Waals surface area contributed by atoms with Gasteiger partial charge in [0.15, 0.2) is 5.78 Å². The van der Waals surface area contributed by atoms with Gasteiger partial charge in [-0.3, -0.25) is 4.79 Å². The minimum atomic E-state index is -0.463. The van der Waals surface area contributed by atoms with E-state index in [9.17, 15) is 4.79 Å². The average Bonchev–Trinajstić information content (AvgIpc) is 2.47. The lowest BCUT2D eigenvalue weighted by Gasteiger charge is -2.27. The number of ether oxygens (including phenoxy) is 2. The van der Waals surface area contributed by atoms with E-state index in [0.29, 0.717) is 32.7 Å². The lowest BCUT2D eigenvalue weighted by atomic mass is 9.95. The SMILES string of the molecule is COc1cccc(Cl)c1C1CC(=O)c2cc(Cl)ccc2O1. The molecule has 0 aliphatic carbocycles. The van der Waals surface area contributed by atoms with Crippen molar-refractivity contribution in [2.45, 2.75) is 12.5 Å². The highest BCUT2D eigenvalue weighted by molar-refractivity contribution is 6.32. The Morgan fingerprint density at radius 1 is 1.24 bits per heavy atom. The molecule has 0 radical (unpaired) electrons. The Labute approximate surface area is 132 Å². The van der Waals surface area contributed by atoms with Crippen LogP contribution >= 0.6 is 23.2 Å². The molecule has 5 heteroatoms. The molecule has 0 amide bonds. The number of rotatable bonds is 2. The highest BCUT2D eigenvalue weighted by atomic mass is 35.5. The van der Waals surface area contributed by atoms with Gasteiger partial charge in [0.25, 0.3) is 0 Å². The van der Waals surface area contributed by atoms with Gasteiger partial charge in [-0.1, -0.05) is 29.3 Å². The smallest absolute Gasteiger partial charge is 0.170 e. The highest BCUT2D eigenvalue weighted by Gasteiger charge is 2.31. The fraction of sp³-hybridized carbons (Fsp3) is 0.188. The summed E-state index contributed by atoms with van der Waals surface area (Å²) < 4.78 is 11.2. The van der Waals surface area contributed by atoms with E-state index in [2.05, 4.69) is 0 Å². The van der Waals surface area contributed by atoms with E-state index in [4.69, 9.17) is 32.7 Å². The second-order valence-corrected chi connectivity index (χ2v) is 5.57. The van der Waals surface area contributed by atoms with Gasteiger partial charge in [-0.2, -0.15) is 0 Å². The predicted molar refractivity (Wildman–Crippen MR) is 81.8 cm³/mol. The molecular formula is C16H12Cl2O3. The number of ketones is 1. The number of carbonyl (C=O) groups is 1. The Bertz CT molecular complexity index is 713. The van der Waals surface area contributed by atoms with E-state index >= 15 is 0 Å². The molecule has 0 N–H and O–H groups in total. The van der Waals surface area contributed by atoms with Crippen LogP contribution in [0.5, 0.6) is 11.5 Å². The second kappa shape index (κ2) is 5.58. The van der Waals surface area contributed by atoms with Crippen molar-refractivity contribution in [1.29, 1.82) is 0 Å². The standard InChI is InChI=1S/C16H12Cl2O3/c1-20-14-4-2-3-11(18)16(14)15-8-12(19)10-7-9(17)5-6-13(10)21-15/h2-7,15H,8H2,1H3. The van der Waals surface area contributed by atoms with E-state index < -0.39 is 6.10 Å². The minimum Gasteiger partial charge on any atom is -0.496 e. The van der Waals surface area contributed by atoms with Crippen LogP contribution in [0.3, 0.4) is 0 Å². The maximum Gasteiger partial charge on any atom is 0.170 e. The normalized spacial score (nSPS) is 17.1. The maximum atomic E-state index is 12.3. The number of hydrogen-bond acceptors (Lipinski definition) is 3. The molecule has 21 heavy (non-hydrogen) atoms. The summed E-state index contributed by atoms with van der Waals surface area (Å²) in [5.41, 5.74) is 1.19. The third-order valence-corrected chi connectivity index (χ3v) is 4.00. The fourth-order valence-corrected chi connectivity index (χ4v) is 2.92. The highest BCUT2D eigenvalue weighted by Crippen LogP contribution is 2.41. The van der Waals surface area contributed by atoms with E-state index in [1.807, 2.05) is 0 Å². The summed E-state index contributed by atoms with van der Waals surface area (Å²) in [6, 6.07) is 10.4. The molecule has 3 nitrogen and oxygen atoms in total. The summed E-state index contributed by atoms with van der Waals surface area (Å²) in [5.74, 6) is 1.10. The zero-order chi connectivity index (χ0) is 15.0. The molecule has 108 valence electrons. The van der Waals surface area contributed by atoms with Crippen LogP contribution in [0.2, 0.25) is 10.0 Å². The third-order valence-electron chi connectivity index (χ3n) is 3.44. The van der Waals surface area contributed by atoms with Gasteiger partial charge in [0.2, 0.25) is 0 Å². The van der Waals surface area contributed by atoms with Gasteiger partial charge >= 0.3 is 0 Å². The summed E-state index contributed by atoms with van der Waals surface area (Å²) in [6.07, 6.45) is -0.261. The van der Waals surface area contributed by atoms with Crippen LogP contribution in [0, 0.1) is 0 Å². The summed E-state index contributed by atoms with van der Waals surface area (Å²) >= 11 is 12.2. The van der Waals surface area contributed by atoms with Crippen molar-refractivity contribution < 1.29 is 14.3 Å². The molecule has 1 aliphatic heterocycles. The number of hydrogen-bond donors (Lipinski definition) is 0. The average molecular weight is 323 g/mol. The first kappa shape index (κ1) is 14.2. The van der Waals surface area contributed by atoms with Gasteiger partial charge in [0.1, 0.15) is 17.6 Å². The maximum absolute atomic E-state index is 12.3. The van der Waals surface area contributed by atoms with Crippen LogP contribution in [0.1, 0.15) is 28.4 Å². The number of halogens is 2. The number of Topliss-reactive ketones (excluding diaryl/α,β-unsaturated/α-hetero) is 1. The molecule has 2 aromatic rings. The van der Waals surface area contributed by atoms with Crippen molar-refractivity contribution in [2.75, 3.05) is 7.11 Å². The van der Waals surface area contributed by atoms with Gasteiger partial charge in [-0.15, -0.1) is 0 Å². The molecule has 0 fully saturated rings. The number of benzene rings is 2. The van der Waals surface area contributed by atoms with Crippen LogP contribution in [-0.4, -0.2) is 12.9 Å². The van der Waals surface area contributed by atoms with Crippen LogP contribution < -0.4 is 9.47 Å². The zero-order valence-electron chi connectivity index (χ0n) is 11.2. The topological polar surface area (TPSA) is 35.5 Å². The molecule has 1 heterocycles. The first-order chi connectivity index (χ1) is 10.1. The fourth-order valence-electron chi connectivity index (χ4n) is 2.46. The van der Waals surface area contributed by atoms with Crippen molar-refractivity contribution in [2.24, 2.45) is 0 Å². The lowest BCUT2D eigenvalue weighted by Crippen LogP contribution is -2.21. The molecular weight excluding hydrogens is 311 g/mol. The monoisotopic (exact) mass is 322 g/mol. The van der Waals surface area contributed by atoms with Gasteiger partial charge in [0, 0.05) is 5.02 Å². The molecule has 0 saturated carbocycles. The molecule has 2 aromatic carbocycles. The largest absolute Gasteiger partial charge is 0.496 e. The Kier molecular flexibility index (Phi) is 3.79. The van der Waals surface area contributed by atoms with E-state index in [1.54, 1.807) is 43.5 Å². The van der Waals surface area contributed by atoms with Gasteiger partial charge in [-0.25, -0.2) is 0 Å². The second-order valence-electron chi connectivity index (χ2n) is 4.73. The van der Waals surface area contributed by atoms with Crippen molar-refractivity contribution in [3.63, 3.8) is 0 Å². The van der Waals surface area contributed by atoms with Crippen molar-refractivity contribution in [3.05, 3.63) is 57.6 Å². The first-order valence-corrected chi connectivity index (χ1v) is 7.17. The molecule has 1 unspecified atom stereocenters. The molecule has 0 saturated heterocycles. The summed E-state index contributed by atoms with van der Waals surface area (Å²) in [7, 11) is 1.56. The molecule has 1 aliphatic rings. The number of fused-ring (bicyclic) bond motifs is 1. The van der Waals surface area contributed by atoms with Gasteiger partial charge in [-0.05, 0) is 30.3 Å². The Morgan fingerprint density at radius 2 is 2.05 bits per heavy atom. The predicted octanol–water partition coefficient (Wildman–Crippen LogP) is 4.71.